The minimum Gasteiger partial charge on any atom is -0.493 e. The van der Waals surface area contributed by atoms with Crippen molar-refractivity contribution < 1.29 is 14.3 Å². The number of hydrogen-bond donors (Lipinski definition) is 1. The topological polar surface area (TPSA) is 73.3 Å². The maximum Gasteiger partial charge on any atom is 0.257 e. The highest BCUT2D eigenvalue weighted by molar-refractivity contribution is 7.10. The molecular weight excluding hydrogens is 350 g/mol. The van der Waals surface area contributed by atoms with Crippen LogP contribution in [0.5, 0.6) is 11.5 Å². The lowest BCUT2D eigenvalue weighted by atomic mass is 10.1. The number of ether oxygens (including phenoxy) is 2. The molecule has 134 valence electrons. The Kier molecular flexibility index (Phi) is 5.48. The molecular formula is C19H19N3O3S. The predicted molar refractivity (Wildman–Crippen MR) is 102 cm³/mol. The molecule has 0 bridgehead atoms. The van der Waals surface area contributed by atoms with Gasteiger partial charge in [0.05, 0.1) is 13.7 Å². The molecule has 0 saturated heterocycles. The van der Waals surface area contributed by atoms with Crippen molar-refractivity contribution in [1.82, 2.24) is 9.36 Å². The van der Waals surface area contributed by atoms with Gasteiger partial charge in [-0.15, -0.1) is 0 Å². The summed E-state index contributed by atoms with van der Waals surface area (Å²) in [7, 11) is 1.59. The molecule has 7 heteroatoms. The number of nitrogens with one attached hydrogen (secondary N) is 1. The average molecular weight is 369 g/mol. The molecule has 0 fully saturated rings. The highest BCUT2D eigenvalue weighted by atomic mass is 32.1. The van der Waals surface area contributed by atoms with E-state index in [1.165, 1.54) is 0 Å². The first-order chi connectivity index (χ1) is 12.6. The number of methoxy groups -OCH3 is 1. The normalized spacial score (nSPS) is 10.4. The van der Waals surface area contributed by atoms with Crippen molar-refractivity contribution in [3.05, 3.63) is 53.6 Å². The number of benzene rings is 2. The van der Waals surface area contributed by atoms with Gasteiger partial charge in [-0.2, -0.15) is 9.36 Å². The predicted octanol–water partition coefficient (Wildman–Crippen LogP) is 4.17. The van der Waals surface area contributed by atoms with E-state index in [1.54, 1.807) is 13.2 Å². The minimum atomic E-state index is -0.208. The van der Waals surface area contributed by atoms with Crippen molar-refractivity contribution >= 4 is 22.6 Å². The molecule has 0 radical (unpaired) electrons. The summed E-state index contributed by atoms with van der Waals surface area (Å²) in [5.74, 6) is 1.60. The van der Waals surface area contributed by atoms with Crippen LogP contribution >= 0.6 is 11.5 Å². The second-order valence-corrected chi connectivity index (χ2v) is 6.30. The van der Waals surface area contributed by atoms with Crippen LogP contribution in [0.15, 0.2) is 42.5 Å². The van der Waals surface area contributed by atoms with E-state index in [0.717, 1.165) is 22.7 Å². The smallest absolute Gasteiger partial charge is 0.257 e. The lowest BCUT2D eigenvalue weighted by Crippen LogP contribution is -2.11. The molecule has 2 aromatic carbocycles. The number of aromatic nitrogens is 2. The van der Waals surface area contributed by atoms with Gasteiger partial charge < -0.3 is 9.47 Å². The Hall–Kier alpha value is -2.93. The molecule has 0 saturated carbocycles. The Morgan fingerprint density at radius 1 is 1.19 bits per heavy atom. The van der Waals surface area contributed by atoms with Crippen LogP contribution in [0.4, 0.5) is 5.13 Å². The lowest BCUT2D eigenvalue weighted by Gasteiger charge is -2.09. The largest absolute Gasteiger partial charge is 0.493 e. The summed E-state index contributed by atoms with van der Waals surface area (Å²) < 4.78 is 15.2. The monoisotopic (exact) mass is 369 g/mol. The molecule has 0 unspecified atom stereocenters. The first-order valence-corrected chi connectivity index (χ1v) is 8.91. The van der Waals surface area contributed by atoms with E-state index in [-0.39, 0.29) is 5.91 Å². The maximum absolute atomic E-state index is 12.3. The Morgan fingerprint density at radius 3 is 2.77 bits per heavy atom. The van der Waals surface area contributed by atoms with Crippen molar-refractivity contribution in [2.45, 2.75) is 13.8 Å². The molecule has 1 amide bonds. The molecule has 0 aliphatic carbocycles. The van der Waals surface area contributed by atoms with Gasteiger partial charge in [0.2, 0.25) is 5.13 Å². The third-order valence-corrected chi connectivity index (χ3v) is 4.28. The van der Waals surface area contributed by atoms with E-state index in [2.05, 4.69) is 14.7 Å². The number of hydrogen-bond acceptors (Lipinski definition) is 6. The summed E-state index contributed by atoms with van der Waals surface area (Å²) in [5, 5.41) is 3.23. The van der Waals surface area contributed by atoms with Crippen molar-refractivity contribution in [1.29, 1.82) is 0 Å². The number of aryl methyl sites for hydroxylation is 1. The van der Waals surface area contributed by atoms with Crippen LogP contribution < -0.4 is 14.8 Å². The van der Waals surface area contributed by atoms with Crippen molar-refractivity contribution in [2.75, 3.05) is 19.0 Å². The zero-order valence-corrected chi connectivity index (χ0v) is 15.6. The molecule has 1 N–H and O–H groups in total. The average Bonchev–Trinajstić information content (AvgIpc) is 3.10. The Labute approximate surface area is 156 Å². The number of carbonyl (C=O) groups is 1. The van der Waals surface area contributed by atoms with Crippen LogP contribution in [0.2, 0.25) is 0 Å². The van der Waals surface area contributed by atoms with E-state index in [4.69, 9.17) is 9.47 Å². The van der Waals surface area contributed by atoms with Gasteiger partial charge in [0.15, 0.2) is 17.3 Å². The van der Waals surface area contributed by atoms with Crippen LogP contribution in [0, 0.1) is 6.92 Å². The summed E-state index contributed by atoms with van der Waals surface area (Å²) in [6, 6.07) is 12.9. The van der Waals surface area contributed by atoms with Crippen LogP contribution in [-0.4, -0.2) is 29.0 Å². The fraction of sp³-hybridized carbons (Fsp3) is 0.211. The van der Waals surface area contributed by atoms with E-state index >= 15 is 0 Å². The maximum atomic E-state index is 12.3. The Bertz CT molecular complexity index is 924. The molecule has 0 aliphatic heterocycles. The van der Waals surface area contributed by atoms with Crippen LogP contribution in [0.25, 0.3) is 11.4 Å². The number of anilines is 1. The molecule has 0 spiro atoms. The summed E-state index contributed by atoms with van der Waals surface area (Å²) in [4.78, 5) is 16.7. The van der Waals surface area contributed by atoms with E-state index in [1.807, 2.05) is 50.2 Å². The van der Waals surface area contributed by atoms with Gasteiger partial charge in [-0.1, -0.05) is 17.7 Å². The SMILES string of the molecule is CCOc1ccc(-c2nsc(NC(=O)c3cccc(C)c3)n2)cc1OC. The second kappa shape index (κ2) is 7.97. The number of amides is 1. The van der Waals surface area contributed by atoms with Gasteiger partial charge >= 0.3 is 0 Å². The van der Waals surface area contributed by atoms with Crippen LogP contribution in [0.1, 0.15) is 22.8 Å². The van der Waals surface area contributed by atoms with E-state index in [9.17, 15) is 4.79 Å². The summed E-state index contributed by atoms with van der Waals surface area (Å²) >= 11 is 1.13. The Balaban J connectivity index is 1.78. The third kappa shape index (κ3) is 4.00. The van der Waals surface area contributed by atoms with Gasteiger partial charge in [0, 0.05) is 22.7 Å². The molecule has 1 heterocycles. The number of rotatable bonds is 6. The quantitative estimate of drug-likeness (QED) is 0.706. The summed E-state index contributed by atoms with van der Waals surface area (Å²) in [6.07, 6.45) is 0. The van der Waals surface area contributed by atoms with E-state index in [0.29, 0.717) is 34.6 Å². The Morgan fingerprint density at radius 2 is 2.04 bits per heavy atom. The second-order valence-electron chi connectivity index (χ2n) is 5.55. The molecule has 1 aromatic heterocycles. The zero-order chi connectivity index (χ0) is 18.5. The van der Waals surface area contributed by atoms with E-state index < -0.39 is 0 Å². The molecule has 3 aromatic rings. The molecule has 6 nitrogen and oxygen atoms in total. The van der Waals surface area contributed by atoms with Gasteiger partial charge in [-0.3, -0.25) is 10.1 Å². The fourth-order valence-corrected chi connectivity index (χ4v) is 3.01. The van der Waals surface area contributed by atoms with Crippen molar-refractivity contribution in [3.8, 4) is 22.9 Å². The van der Waals surface area contributed by atoms with Crippen molar-refractivity contribution in [2.24, 2.45) is 0 Å². The number of nitrogens with zero attached hydrogens (tertiary/aromatic N) is 2. The lowest BCUT2D eigenvalue weighted by molar-refractivity contribution is 0.102. The standard InChI is InChI=1S/C19H19N3O3S/c1-4-25-15-9-8-13(11-16(15)24-3)17-20-19(26-22-17)21-18(23)14-7-5-6-12(2)10-14/h5-11H,4H2,1-3H3,(H,20,21,22,23). The minimum absolute atomic E-state index is 0.208. The van der Waals surface area contributed by atoms with Gasteiger partial charge in [-0.05, 0) is 44.2 Å². The van der Waals surface area contributed by atoms with Gasteiger partial charge in [0.1, 0.15) is 0 Å². The van der Waals surface area contributed by atoms with Gasteiger partial charge in [0.25, 0.3) is 5.91 Å². The molecule has 3 rings (SSSR count). The first-order valence-electron chi connectivity index (χ1n) is 8.13. The summed E-state index contributed by atoms with van der Waals surface area (Å²) in [5.41, 5.74) is 2.40. The third-order valence-electron chi connectivity index (χ3n) is 3.65. The molecule has 26 heavy (non-hydrogen) atoms. The first kappa shape index (κ1) is 17.9. The van der Waals surface area contributed by atoms with Crippen LogP contribution in [0.3, 0.4) is 0 Å². The highest BCUT2D eigenvalue weighted by Gasteiger charge is 2.13. The van der Waals surface area contributed by atoms with Gasteiger partial charge in [-0.25, -0.2) is 0 Å². The molecule has 0 aliphatic rings. The fourth-order valence-electron chi connectivity index (χ4n) is 2.43. The zero-order valence-electron chi connectivity index (χ0n) is 14.8. The molecule has 0 atom stereocenters. The number of carbonyl (C=O) groups excluding carboxylic acids is 1. The summed E-state index contributed by atoms with van der Waals surface area (Å²) in [6.45, 7) is 4.41. The van der Waals surface area contributed by atoms with Crippen LogP contribution in [-0.2, 0) is 0 Å². The van der Waals surface area contributed by atoms with Crippen molar-refractivity contribution in [3.63, 3.8) is 0 Å². The highest BCUT2D eigenvalue weighted by Crippen LogP contribution is 2.32.